The second-order valence-corrected chi connectivity index (χ2v) is 9.44. The van der Waals surface area contributed by atoms with Gasteiger partial charge in [0.1, 0.15) is 6.61 Å². The zero-order chi connectivity index (χ0) is 26.7. The Labute approximate surface area is 222 Å². The topological polar surface area (TPSA) is 132 Å². The summed E-state index contributed by atoms with van der Waals surface area (Å²) in [7, 11) is 0. The SMILES string of the molecule is NCCNCC(CNCCNC(=O)OCC1c2ccccc2-c2ccccc21)Cc1ccc([N+](=O)[O-])cc1. The second kappa shape index (κ2) is 13.7. The van der Waals surface area contributed by atoms with Gasteiger partial charge in [-0.3, -0.25) is 10.1 Å². The maximum Gasteiger partial charge on any atom is 0.407 e. The summed E-state index contributed by atoms with van der Waals surface area (Å²) in [4.78, 5) is 22.9. The van der Waals surface area contributed by atoms with E-state index < -0.39 is 11.0 Å². The molecule has 200 valence electrons. The van der Waals surface area contributed by atoms with Gasteiger partial charge in [0.25, 0.3) is 5.69 Å². The lowest BCUT2D eigenvalue weighted by Gasteiger charge is -2.19. The molecule has 0 saturated carbocycles. The van der Waals surface area contributed by atoms with Crippen LogP contribution in [0, 0.1) is 16.0 Å². The van der Waals surface area contributed by atoms with Crippen LogP contribution in [0.15, 0.2) is 72.8 Å². The first-order valence-electron chi connectivity index (χ1n) is 13.0. The normalized spacial score (nSPS) is 13.0. The van der Waals surface area contributed by atoms with Gasteiger partial charge in [-0.05, 0) is 53.2 Å². The Morgan fingerprint density at radius 3 is 2.11 bits per heavy atom. The molecule has 5 N–H and O–H groups in total. The Hall–Kier alpha value is -3.79. The minimum Gasteiger partial charge on any atom is -0.449 e. The fourth-order valence-electron chi connectivity index (χ4n) is 4.92. The summed E-state index contributed by atoms with van der Waals surface area (Å²) in [6.07, 6.45) is 0.336. The van der Waals surface area contributed by atoms with Crippen LogP contribution in [0.4, 0.5) is 10.5 Å². The summed E-state index contributed by atoms with van der Waals surface area (Å²) in [5, 5.41) is 20.5. The van der Waals surface area contributed by atoms with Crippen LogP contribution in [-0.2, 0) is 11.2 Å². The Bertz CT molecular complexity index is 1170. The van der Waals surface area contributed by atoms with Crippen LogP contribution in [0.5, 0.6) is 0 Å². The lowest BCUT2D eigenvalue weighted by atomic mass is 9.98. The molecule has 0 aliphatic heterocycles. The van der Waals surface area contributed by atoms with E-state index in [2.05, 4.69) is 40.2 Å². The van der Waals surface area contributed by atoms with Crippen molar-refractivity contribution in [3.8, 4) is 11.1 Å². The minimum atomic E-state index is -0.430. The van der Waals surface area contributed by atoms with Crippen LogP contribution < -0.4 is 21.7 Å². The lowest BCUT2D eigenvalue weighted by Crippen LogP contribution is -2.38. The van der Waals surface area contributed by atoms with Gasteiger partial charge in [0.05, 0.1) is 4.92 Å². The van der Waals surface area contributed by atoms with Crippen LogP contribution in [-0.4, -0.2) is 56.9 Å². The van der Waals surface area contributed by atoms with E-state index in [0.717, 1.165) is 31.6 Å². The van der Waals surface area contributed by atoms with Crippen LogP contribution in [0.25, 0.3) is 11.1 Å². The first-order valence-corrected chi connectivity index (χ1v) is 13.0. The number of rotatable bonds is 14. The average Bonchev–Trinajstić information content (AvgIpc) is 3.25. The summed E-state index contributed by atoms with van der Waals surface area (Å²) < 4.78 is 5.59. The largest absolute Gasteiger partial charge is 0.449 e. The Morgan fingerprint density at radius 2 is 1.50 bits per heavy atom. The number of alkyl carbamates (subject to hydrolysis) is 1. The highest BCUT2D eigenvalue weighted by Crippen LogP contribution is 2.44. The van der Waals surface area contributed by atoms with E-state index in [-0.39, 0.29) is 24.1 Å². The number of nitro benzene ring substituents is 1. The molecule has 0 aromatic heterocycles. The van der Waals surface area contributed by atoms with E-state index in [1.807, 2.05) is 24.3 Å². The number of hydrogen-bond acceptors (Lipinski definition) is 7. The molecule has 0 spiro atoms. The highest BCUT2D eigenvalue weighted by atomic mass is 16.6. The third-order valence-corrected chi connectivity index (χ3v) is 6.77. The number of nitrogens with two attached hydrogens (primary N) is 1. The van der Waals surface area contributed by atoms with Gasteiger partial charge >= 0.3 is 6.09 Å². The molecule has 0 saturated heterocycles. The summed E-state index contributed by atoms with van der Waals surface area (Å²) >= 11 is 0. The summed E-state index contributed by atoms with van der Waals surface area (Å²) in [6, 6.07) is 23.2. The van der Waals surface area contributed by atoms with Crippen molar-refractivity contribution in [1.29, 1.82) is 0 Å². The number of carbonyl (C=O) groups is 1. The van der Waals surface area contributed by atoms with E-state index in [1.54, 1.807) is 12.1 Å². The first kappa shape index (κ1) is 27.3. The summed E-state index contributed by atoms with van der Waals surface area (Å²) in [5.41, 5.74) is 11.5. The number of nitrogens with one attached hydrogen (secondary N) is 3. The molecule has 1 atom stereocenters. The molecule has 1 aliphatic rings. The van der Waals surface area contributed by atoms with E-state index in [0.29, 0.717) is 19.6 Å². The van der Waals surface area contributed by atoms with Crippen molar-refractivity contribution >= 4 is 11.8 Å². The van der Waals surface area contributed by atoms with E-state index >= 15 is 0 Å². The molecule has 3 aromatic rings. The molecule has 9 nitrogen and oxygen atoms in total. The number of nitro groups is 1. The number of fused-ring (bicyclic) bond motifs is 3. The van der Waals surface area contributed by atoms with Gasteiger partial charge in [-0.25, -0.2) is 4.79 Å². The van der Waals surface area contributed by atoms with Crippen molar-refractivity contribution in [2.24, 2.45) is 11.7 Å². The van der Waals surface area contributed by atoms with Crippen molar-refractivity contribution in [2.45, 2.75) is 12.3 Å². The van der Waals surface area contributed by atoms with E-state index in [4.69, 9.17) is 10.5 Å². The van der Waals surface area contributed by atoms with Gasteiger partial charge in [0, 0.05) is 44.2 Å². The predicted molar refractivity (Wildman–Crippen MR) is 148 cm³/mol. The number of hydrogen-bond donors (Lipinski definition) is 4. The third-order valence-electron chi connectivity index (χ3n) is 6.77. The molecule has 1 amide bonds. The zero-order valence-corrected chi connectivity index (χ0v) is 21.4. The van der Waals surface area contributed by atoms with Crippen LogP contribution in [0.1, 0.15) is 22.6 Å². The Kier molecular flexibility index (Phi) is 9.80. The highest BCUT2D eigenvalue weighted by molar-refractivity contribution is 5.79. The van der Waals surface area contributed by atoms with Crippen molar-refractivity contribution < 1.29 is 14.5 Å². The Balaban J connectivity index is 1.20. The lowest BCUT2D eigenvalue weighted by molar-refractivity contribution is -0.384. The molecular weight excluding hydrogens is 482 g/mol. The first-order chi connectivity index (χ1) is 18.6. The quantitative estimate of drug-likeness (QED) is 0.146. The number of carbonyl (C=O) groups excluding carboxylic acids is 1. The van der Waals surface area contributed by atoms with Crippen molar-refractivity contribution in [1.82, 2.24) is 16.0 Å². The zero-order valence-electron chi connectivity index (χ0n) is 21.4. The van der Waals surface area contributed by atoms with Crippen molar-refractivity contribution in [3.63, 3.8) is 0 Å². The summed E-state index contributed by atoms with van der Waals surface area (Å²) in [5.74, 6) is 0.296. The molecule has 1 unspecified atom stereocenters. The smallest absolute Gasteiger partial charge is 0.407 e. The molecule has 38 heavy (non-hydrogen) atoms. The van der Waals surface area contributed by atoms with E-state index in [1.165, 1.54) is 34.4 Å². The summed E-state index contributed by atoms with van der Waals surface area (Å²) in [6.45, 7) is 4.09. The fraction of sp³-hybridized carbons (Fsp3) is 0.345. The molecular formula is C29H35N5O4. The van der Waals surface area contributed by atoms with Crippen LogP contribution in [0.3, 0.4) is 0 Å². The molecule has 0 bridgehead atoms. The molecule has 3 aromatic carbocycles. The van der Waals surface area contributed by atoms with Crippen LogP contribution in [0.2, 0.25) is 0 Å². The molecule has 4 rings (SSSR count). The number of nitrogens with zero attached hydrogens (tertiary/aromatic N) is 1. The van der Waals surface area contributed by atoms with Gasteiger partial charge in [-0.15, -0.1) is 0 Å². The number of benzene rings is 3. The maximum atomic E-state index is 12.4. The monoisotopic (exact) mass is 517 g/mol. The predicted octanol–water partition coefficient (Wildman–Crippen LogP) is 3.43. The molecule has 0 fully saturated rings. The standard InChI is InChI=1S/C29H35N5O4/c30-13-14-31-18-22(17-21-9-11-23(12-10-21)34(36)37)19-32-15-16-33-29(35)38-20-28-26-7-3-1-5-24(26)25-6-2-4-8-27(25)28/h1-12,22,28,31-32H,13-20,30H2,(H,33,35). The van der Waals surface area contributed by atoms with Gasteiger partial charge in [0.15, 0.2) is 0 Å². The van der Waals surface area contributed by atoms with Crippen molar-refractivity contribution in [3.05, 3.63) is 99.6 Å². The van der Waals surface area contributed by atoms with Gasteiger partial charge < -0.3 is 26.4 Å². The van der Waals surface area contributed by atoms with Gasteiger partial charge in [0.2, 0.25) is 0 Å². The van der Waals surface area contributed by atoms with E-state index in [9.17, 15) is 14.9 Å². The van der Waals surface area contributed by atoms with Gasteiger partial charge in [-0.2, -0.15) is 0 Å². The maximum absolute atomic E-state index is 12.4. The second-order valence-electron chi connectivity index (χ2n) is 9.44. The van der Waals surface area contributed by atoms with Crippen LogP contribution >= 0.6 is 0 Å². The number of amides is 1. The average molecular weight is 518 g/mol. The number of non-ortho nitro benzene ring substituents is 1. The van der Waals surface area contributed by atoms with Crippen molar-refractivity contribution in [2.75, 3.05) is 45.9 Å². The molecule has 0 heterocycles. The molecule has 9 heteroatoms. The fourth-order valence-corrected chi connectivity index (χ4v) is 4.92. The van der Waals surface area contributed by atoms with Gasteiger partial charge in [-0.1, -0.05) is 60.7 Å². The molecule has 1 aliphatic carbocycles. The Morgan fingerprint density at radius 1 is 0.895 bits per heavy atom. The number of ether oxygens (including phenoxy) is 1. The highest BCUT2D eigenvalue weighted by Gasteiger charge is 2.28. The molecule has 0 radical (unpaired) electrons. The minimum absolute atomic E-state index is 0.0347. The third kappa shape index (κ3) is 7.16.